The molecule has 1 aromatic carbocycles. The molecular formula is C18H21N5O4. The number of carbonyl (C=O) groups is 2. The van der Waals surface area contributed by atoms with Crippen molar-refractivity contribution >= 4 is 17.6 Å². The summed E-state index contributed by atoms with van der Waals surface area (Å²) in [5, 5.41) is 0. The maximum absolute atomic E-state index is 12.8. The summed E-state index contributed by atoms with van der Waals surface area (Å²) < 4.78 is 10.4. The van der Waals surface area contributed by atoms with E-state index in [2.05, 4.69) is 9.97 Å². The second-order valence-electron chi connectivity index (χ2n) is 6.01. The molecule has 2 N–H and O–H groups in total. The SMILES string of the molecule is COc1cc(OC)cc(C(=O)N2CCN(C(=O)c3cncnc3N)CC2)c1. The van der Waals surface area contributed by atoms with Crippen LogP contribution >= 0.6 is 0 Å². The Hall–Kier alpha value is -3.36. The van der Waals surface area contributed by atoms with Gasteiger partial charge in [0.15, 0.2) is 0 Å². The van der Waals surface area contributed by atoms with Crippen LogP contribution in [0.5, 0.6) is 11.5 Å². The number of nitrogens with two attached hydrogens (primary N) is 1. The van der Waals surface area contributed by atoms with E-state index in [1.807, 2.05) is 0 Å². The van der Waals surface area contributed by atoms with Gasteiger partial charge in [-0.05, 0) is 12.1 Å². The molecule has 2 heterocycles. The minimum absolute atomic E-state index is 0.137. The van der Waals surface area contributed by atoms with Gasteiger partial charge < -0.3 is 25.0 Å². The van der Waals surface area contributed by atoms with Crippen LogP contribution in [0.2, 0.25) is 0 Å². The first kappa shape index (κ1) is 18.4. The molecule has 0 bridgehead atoms. The molecule has 0 radical (unpaired) electrons. The molecule has 0 atom stereocenters. The quantitative estimate of drug-likeness (QED) is 0.841. The zero-order chi connectivity index (χ0) is 19.4. The lowest BCUT2D eigenvalue weighted by Gasteiger charge is -2.35. The number of ether oxygens (including phenoxy) is 2. The number of nitrogens with zero attached hydrogens (tertiary/aromatic N) is 4. The highest BCUT2D eigenvalue weighted by molar-refractivity contribution is 5.98. The van der Waals surface area contributed by atoms with E-state index in [9.17, 15) is 9.59 Å². The van der Waals surface area contributed by atoms with Crippen LogP contribution in [0.15, 0.2) is 30.7 Å². The van der Waals surface area contributed by atoms with Crippen molar-refractivity contribution in [3.05, 3.63) is 41.9 Å². The van der Waals surface area contributed by atoms with E-state index in [0.717, 1.165) is 0 Å². The average molecular weight is 371 g/mol. The summed E-state index contributed by atoms with van der Waals surface area (Å²) in [6.07, 6.45) is 2.70. The predicted molar refractivity (Wildman–Crippen MR) is 97.8 cm³/mol. The Kier molecular flexibility index (Phi) is 5.39. The number of hydrogen-bond donors (Lipinski definition) is 1. The first-order chi connectivity index (χ1) is 13.0. The van der Waals surface area contributed by atoms with E-state index in [0.29, 0.717) is 43.2 Å². The highest BCUT2D eigenvalue weighted by Gasteiger charge is 2.27. The number of rotatable bonds is 4. The van der Waals surface area contributed by atoms with Crippen LogP contribution in [0.4, 0.5) is 5.82 Å². The molecule has 2 amide bonds. The molecule has 27 heavy (non-hydrogen) atoms. The molecule has 2 aromatic rings. The largest absolute Gasteiger partial charge is 0.497 e. The fourth-order valence-corrected chi connectivity index (χ4v) is 2.90. The fraction of sp³-hybridized carbons (Fsp3) is 0.333. The third-order valence-corrected chi connectivity index (χ3v) is 4.43. The summed E-state index contributed by atoms with van der Waals surface area (Å²) in [5.74, 6) is 0.874. The van der Waals surface area contributed by atoms with Gasteiger partial charge in [0, 0.05) is 44.0 Å². The van der Waals surface area contributed by atoms with Crippen molar-refractivity contribution in [2.75, 3.05) is 46.1 Å². The minimum atomic E-state index is -0.233. The number of carbonyl (C=O) groups excluding carboxylic acids is 2. The third kappa shape index (κ3) is 3.91. The zero-order valence-corrected chi connectivity index (χ0v) is 15.2. The molecule has 0 saturated carbocycles. The number of methoxy groups -OCH3 is 2. The van der Waals surface area contributed by atoms with Gasteiger partial charge in [-0.15, -0.1) is 0 Å². The van der Waals surface area contributed by atoms with E-state index >= 15 is 0 Å². The number of anilines is 1. The molecule has 9 heteroatoms. The van der Waals surface area contributed by atoms with Crippen LogP contribution in [-0.4, -0.2) is 72.0 Å². The lowest BCUT2D eigenvalue weighted by atomic mass is 10.1. The van der Waals surface area contributed by atoms with Crippen LogP contribution in [0.3, 0.4) is 0 Å². The maximum Gasteiger partial charge on any atom is 0.259 e. The number of piperazine rings is 1. The zero-order valence-electron chi connectivity index (χ0n) is 15.2. The Bertz CT molecular complexity index is 827. The first-order valence-corrected chi connectivity index (χ1v) is 8.40. The summed E-state index contributed by atoms with van der Waals surface area (Å²) in [6.45, 7) is 1.63. The van der Waals surface area contributed by atoms with Gasteiger partial charge in [-0.3, -0.25) is 9.59 Å². The number of aromatic nitrogens is 2. The van der Waals surface area contributed by atoms with Gasteiger partial charge in [0.05, 0.1) is 19.8 Å². The van der Waals surface area contributed by atoms with E-state index in [1.54, 1.807) is 28.0 Å². The second-order valence-corrected chi connectivity index (χ2v) is 6.01. The molecule has 1 saturated heterocycles. The highest BCUT2D eigenvalue weighted by Crippen LogP contribution is 2.24. The molecule has 0 aliphatic carbocycles. The third-order valence-electron chi connectivity index (χ3n) is 4.43. The lowest BCUT2D eigenvalue weighted by Crippen LogP contribution is -2.50. The maximum atomic E-state index is 12.8. The normalized spacial score (nSPS) is 14.0. The molecule has 1 aliphatic heterocycles. The van der Waals surface area contributed by atoms with Crippen LogP contribution in [0.1, 0.15) is 20.7 Å². The van der Waals surface area contributed by atoms with Crippen molar-refractivity contribution in [1.82, 2.24) is 19.8 Å². The number of amides is 2. The summed E-state index contributed by atoms with van der Waals surface area (Å²) in [7, 11) is 3.07. The Morgan fingerprint density at radius 2 is 1.52 bits per heavy atom. The highest BCUT2D eigenvalue weighted by atomic mass is 16.5. The molecule has 1 aliphatic rings. The van der Waals surface area contributed by atoms with Crippen LogP contribution in [0, 0.1) is 0 Å². The van der Waals surface area contributed by atoms with Crippen LogP contribution < -0.4 is 15.2 Å². The van der Waals surface area contributed by atoms with Crippen molar-refractivity contribution in [1.29, 1.82) is 0 Å². The Balaban J connectivity index is 1.68. The van der Waals surface area contributed by atoms with Crippen molar-refractivity contribution < 1.29 is 19.1 Å². The standard InChI is InChI=1S/C18H21N5O4/c1-26-13-7-12(8-14(9-13)27-2)17(24)22-3-5-23(6-4-22)18(25)15-10-20-11-21-16(15)19/h7-11H,3-6H2,1-2H3,(H2,19,20,21). The van der Waals surface area contributed by atoms with E-state index in [-0.39, 0.29) is 23.2 Å². The number of nitrogen functional groups attached to an aromatic ring is 1. The lowest BCUT2D eigenvalue weighted by molar-refractivity contribution is 0.0535. The van der Waals surface area contributed by atoms with Gasteiger partial charge in [0.1, 0.15) is 23.6 Å². The Morgan fingerprint density at radius 1 is 0.963 bits per heavy atom. The molecular weight excluding hydrogens is 350 g/mol. The van der Waals surface area contributed by atoms with Crippen molar-refractivity contribution in [2.24, 2.45) is 0 Å². The topological polar surface area (TPSA) is 111 Å². The van der Waals surface area contributed by atoms with Crippen molar-refractivity contribution in [2.45, 2.75) is 0 Å². The summed E-state index contributed by atoms with van der Waals surface area (Å²) >= 11 is 0. The molecule has 0 spiro atoms. The van der Waals surface area contributed by atoms with Gasteiger partial charge in [-0.1, -0.05) is 0 Å². The smallest absolute Gasteiger partial charge is 0.259 e. The monoisotopic (exact) mass is 371 g/mol. The van der Waals surface area contributed by atoms with E-state index in [4.69, 9.17) is 15.2 Å². The van der Waals surface area contributed by atoms with Crippen LogP contribution in [-0.2, 0) is 0 Å². The number of benzene rings is 1. The summed E-state index contributed by atoms with van der Waals surface area (Å²) in [4.78, 5) is 36.4. The molecule has 142 valence electrons. The van der Waals surface area contributed by atoms with Gasteiger partial charge in [0.25, 0.3) is 11.8 Å². The molecule has 3 rings (SSSR count). The number of hydrogen-bond acceptors (Lipinski definition) is 7. The Labute approximate surface area is 156 Å². The van der Waals surface area contributed by atoms with Gasteiger partial charge >= 0.3 is 0 Å². The summed E-state index contributed by atoms with van der Waals surface area (Å²) in [6, 6.07) is 5.05. The second kappa shape index (κ2) is 7.90. The average Bonchev–Trinajstić information content (AvgIpc) is 2.72. The van der Waals surface area contributed by atoms with Gasteiger partial charge in [-0.2, -0.15) is 0 Å². The van der Waals surface area contributed by atoms with Gasteiger partial charge in [0.2, 0.25) is 0 Å². The summed E-state index contributed by atoms with van der Waals surface area (Å²) in [5.41, 5.74) is 6.50. The molecule has 0 unspecified atom stereocenters. The molecule has 9 nitrogen and oxygen atoms in total. The van der Waals surface area contributed by atoms with Crippen molar-refractivity contribution in [3.8, 4) is 11.5 Å². The van der Waals surface area contributed by atoms with E-state index in [1.165, 1.54) is 26.7 Å². The van der Waals surface area contributed by atoms with Crippen molar-refractivity contribution in [3.63, 3.8) is 0 Å². The van der Waals surface area contributed by atoms with Gasteiger partial charge in [-0.25, -0.2) is 9.97 Å². The first-order valence-electron chi connectivity index (χ1n) is 8.40. The fourth-order valence-electron chi connectivity index (χ4n) is 2.90. The molecule has 1 fully saturated rings. The van der Waals surface area contributed by atoms with E-state index < -0.39 is 0 Å². The van der Waals surface area contributed by atoms with Crippen LogP contribution in [0.25, 0.3) is 0 Å². The Morgan fingerprint density at radius 3 is 2.04 bits per heavy atom. The molecule has 1 aromatic heterocycles. The predicted octanol–water partition coefficient (Wildman–Crippen LogP) is 0.674. The minimum Gasteiger partial charge on any atom is -0.497 e.